The van der Waals surface area contributed by atoms with E-state index in [0.717, 1.165) is 16.7 Å². The number of carbonyl (C=O) groups is 1. The molecule has 1 aliphatic carbocycles. The summed E-state index contributed by atoms with van der Waals surface area (Å²) in [7, 11) is 0. The molecule has 1 unspecified atom stereocenters. The second-order valence-corrected chi connectivity index (χ2v) is 6.25. The zero-order chi connectivity index (χ0) is 15.9. The molecule has 0 aromatic heterocycles. The lowest BCUT2D eigenvalue weighted by Gasteiger charge is -2.33. The van der Waals surface area contributed by atoms with E-state index in [1.54, 1.807) is 0 Å². The second-order valence-electron chi connectivity index (χ2n) is 6.25. The topological polar surface area (TPSA) is 44.8 Å². The van der Waals surface area contributed by atoms with Crippen molar-refractivity contribution in [3.05, 3.63) is 52.6 Å². The minimum Gasteiger partial charge on any atom is -0.465 e. The highest BCUT2D eigenvalue weighted by Gasteiger charge is 2.53. The Morgan fingerprint density at radius 2 is 1.87 bits per heavy atom. The lowest BCUT2D eigenvalue weighted by molar-refractivity contribution is -0.153. The lowest BCUT2D eigenvalue weighted by atomic mass is 9.68. The van der Waals surface area contributed by atoms with Gasteiger partial charge in [0, 0.05) is 0 Å². The molecule has 4 rings (SSSR count). The maximum absolute atomic E-state index is 12.8. The average Bonchev–Trinajstić information content (AvgIpc) is 3.22. The van der Waals surface area contributed by atoms with Gasteiger partial charge in [0.15, 0.2) is 0 Å². The van der Waals surface area contributed by atoms with E-state index in [1.807, 2.05) is 25.1 Å². The summed E-state index contributed by atoms with van der Waals surface area (Å²) in [4.78, 5) is 12.8. The van der Waals surface area contributed by atoms with Crippen LogP contribution in [0.25, 0.3) is 5.57 Å². The highest BCUT2D eigenvalue weighted by Crippen LogP contribution is 2.52. The quantitative estimate of drug-likeness (QED) is 0.805. The molecule has 2 saturated heterocycles. The first-order valence-electron chi connectivity index (χ1n) is 8.09. The number of ether oxygens (including phenoxy) is 3. The molecule has 4 nitrogen and oxygen atoms in total. The van der Waals surface area contributed by atoms with Crippen LogP contribution in [0.15, 0.2) is 47.1 Å². The third-order valence-corrected chi connectivity index (χ3v) is 5.03. The summed E-state index contributed by atoms with van der Waals surface area (Å²) >= 11 is 0. The normalized spacial score (nSPS) is 26.3. The molecule has 2 fully saturated rings. The molecule has 1 aromatic carbocycles. The Balaban J connectivity index is 1.86. The zero-order valence-corrected chi connectivity index (χ0v) is 13.3. The molecule has 3 aliphatic rings. The number of benzene rings is 1. The van der Waals surface area contributed by atoms with E-state index in [4.69, 9.17) is 14.2 Å². The van der Waals surface area contributed by atoms with Crippen LogP contribution in [0.2, 0.25) is 0 Å². The molecule has 23 heavy (non-hydrogen) atoms. The number of hydrogen-bond donors (Lipinski definition) is 0. The third kappa shape index (κ3) is 2.17. The van der Waals surface area contributed by atoms with Gasteiger partial charge in [-0.25, -0.2) is 0 Å². The number of fused-ring (bicyclic) bond motifs is 2. The number of rotatable bonds is 3. The van der Waals surface area contributed by atoms with Gasteiger partial charge in [0.2, 0.25) is 0 Å². The van der Waals surface area contributed by atoms with Crippen molar-refractivity contribution in [2.75, 3.05) is 33.0 Å². The Bertz CT molecular complexity index is 701. The summed E-state index contributed by atoms with van der Waals surface area (Å²) < 4.78 is 16.8. The number of allylic oxidation sites excluding steroid dienone is 1. The largest absolute Gasteiger partial charge is 0.465 e. The van der Waals surface area contributed by atoms with Crippen LogP contribution >= 0.6 is 0 Å². The van der Waals surface area contributed by atoms with Crippen molar-refractivity contribution in [2.45, 2.75) is 13.3 Å². The Hall–Kier alpha value is -1.91. The molecular weight excluding hydrogens is 292 g/mol. The molecule has 120 valence electrons. The molecular formula is C19H20O4. The maximum Gasteiger partial charge on any atom is 0.319 e. The fourth-order valence-corrected chi connectivity index (χ4v) is 3.90. The summed E-state index contributed by atoms with van der Waals surface area (Å²) in [6.07, 6.45) is 0.632. The molecule has 2 heterocycles. The van der Waals surface area contributed by atoms with Gasteiger partial charge in [-0.05, 0) is 41.2 Å². The third-order valence-electron chi connectivity index (χ3n) is 5.03. The van der Waals surface area contributed by atoms with Crippen molar-refractivity contribution in [1.82, 2.24) is 0 Å². The first kappa shape index (κ1) is 14.7. The number of esters is 1. The van der Waals surface area contributed by atoms with Gasteiger partial charge in [-0.15, -0.1) is 0 Å². The van der Waals surface area contributed by atoms with Crippen molar-refractivity contribution >= 4 is 11.5 Å². The van der Waals surface area contributed by atoms with Crippen LogP contribution < -0.4 is 0 Å². The van der Waals surface area contributed by atoms with Crippen molar-refractivity contribution in [1.29, 1.82) is 0 Å². The Kier molecular flexibility index (Phi) is 3.58. The van der Waals surface area contributed by atoms with Crippen LogP contribution in [0.1, 0.15) is 18.9 Å². The maximum atomic E-state index is 12.8. The van der Waals surface area contributed by atoms with Crippen LogP contribution in [0.5, 0.6) is 0 Å². The molecule has 0 saturated carbocycles. The van der Waals surface area contributed by atoms with E-state index in [1.165, 1.54) is 11.1 Å². The first-order chi connectivity index (χ1) is 11.3. The lowest BCUT2D eigenvalue weighted by Crippen LogP contribution is -2.38. The second kappa shape index (κ2) is 5.62. The predicted octanol–water partition coefficient (Wildman–Crippen LogP) is 2.75. The standard InChI is InChI=1S/C19H20O4/c1-2-23-18(20)19-8-14(13-6-4-3-5-7-13)15-9-21-10-16(15)17(19)11-22-12-19/h3-7H,2,8-12H2,1H3. The smallest absolute Gasteiger partial charge is 0.319 e. The van der Waals surface area contributed by atoms with Gasteiger partial charge in [-0.3, -0.25) is 4.79 Å². The van der Waals surface area contributed by atoms with Gasteiger partial charge >= 0.3 is 5.97 Å². The molecule has 0 spiro atoms. The van der Waals surface area contributed by atoms with E-state index in [9.17, 15) is 4.79 Å². The van der Waals surface area contributed by atoms with Crippen LogP contribution in [0, 0.1) is 5.41 Å². The van der Waals surface area contributed by atoms with Crippen LogP contribution in [0.4, 0.5) is 0 Å². The molecule has 1 atom stereocenters. The van der Waals surface area contributed by atoms with Crippen molar-refractivity contribution in [3.8, 4) is 0 Å². The van der Waals surface area contributed by atoms with Crippen LogP contribution in [-0.2, 0) is 19.0 Å². The SMILES string of the molecule is CCOC(=O)C12COCC1=C1COCC1=C(c1ccccc1)C2. The number of hydrogen-bond acceptors (Lipinski definition) is 4. The monoisotopic (exact) mass is 312 g/mol. The van der Waals surface area contributed by atoms with Crippen molar-refractivity contribution in [3.63, 3.8) is 0 Å². The summed E-state index contributed by atoms with van der Waals surface area (Å²) in [5.74, 6) is -0.167. The van der Waals surface area contributed by atoms with Crippen LogP contribution in [0.3, 0.4) is 0 Å². The van der Waals surface area contributed by atoms with E-state index in [2.05, 4.69) is 12.1 Å². The fraction of sp³-hybridized carbons (Fsp3) is 0.421. The van der Waals surface area contributed by atoms with Gasteiger partial charge in [0.05, 0.1) is 33.0 Å². The molecule has 4 heteroatoms. The van der Waals surface area contributed by atoms with Crippen molar-refractivity contribution in [2.24, 2.45) is 5.41 Å². The highest BCUT2D eigenvalue weighted by atomic mass is 16.5. The van der Waals surface area contributed by atoms with Crippen molar-refractivity contribution < 1.29 is 19.0 Å². The molecule has 0 bridgehead atoms. The summed E-state index contributed by atoms with van der Waals surface area (Å²) in [6.45, 7) is 4.31. The predicted molar refractivity (Wildman–Crippen MR) is 85.7 cm³/mol. The van der Waals surface area contributed by atoms with E-state index >= 15 is 0 Å². The van der Waals surface area contributed by atoms with Crippen LogP contribution in [-0.4, -0.2) is 39.0 Å². The molecule has 0 amide bonds. The fourth-order valence-electron chi connectivity index (χ4n) is 3.90. The molecule has 2 aliphatic heterocycles. The minimum atomic E-state index is -0.673. The Morgan fingerprint density at radius 3 is 2.65 bits per heavy atom. The zero-order valence-electron chi connectivity index (χ0n) is 13.3. The Labute approximate surface area is 135 Å². The minimum absolute atomic E-state index is 0.167. The van der Waals surface area contributed by atoms with Gasteiger partial charge in [-0.2, -0.15) is 0 Å². The summed E-state index contributed by atoms with van der Waals surface area (Å²) in [5, 5.41) is 0. The molecule has 0 N–H and O–H groups in total. The van der Waals surface area contributed by atoms with Gasteiger partial charge in [0.25, 0.3) is 0 Å². The van der Waals surface area contributed by atoms with E-state index in [-0.39, 0.29) is 5.97 Å². The van der Waals surface area contributed by atoms with Gasteiger partial charge < -0.3 is 14.2 Å². The molecule has 1 aromatic rings. The first-order valence-corrected chi connectivity index (χ1v) is 8.09. The number of carbonyl (C=O) groups excluding carboxylic acids is 1. The summed E-state index contributed by atoms with van der Waals surface area (Å²) in [5.41, 5.74) is 5.13. The van der Waals surface area contributed by atoms with Gasteiger partial charge in [0.1, 0.15) is 5.41 Å². The molecule has 0 radical (unpaired) electrons. The highest BCUT2D eigenvalue weighted by molar-refractivity contribution is 5.89. The Morgan fingerprint density at radius 1 is 1.09 bits per heavy atom. The van der Waals surface area contributed by atoms with E-state index in [0.29, 0.717) is 39.5 Å². The van der Waals surface area contributed by atoms with E-state index < -0.39 is 5.41 Å². The average molecular weight is 312 g/mol. The van der Waals surface area contributed by atoms with Gasteiger partial charge in [-0.1, -0.05) is 30.3 Å². The summed E-state index contributed by atoms with van der Waals surface area (Å²) in [6, 6.07) is 10.3.